The van der Waals surface area contributed by atoms with E-state index in [0.29, 0.717) is 0 Å². The van der Waals surface area contributed by atoms with Crippen LogP contribution in [0.1, 0.15) is 11.1 Å². The van der Waals surface area contributed by atoms with Crippen molar-refractivity contribution in [1.29, 1.82) is 0 Å². The Hall–Kier alpha value is -3.33. The van der Waals surface area contributed by atoms with Crippen molar-refractivity contribution in [3.05, 3.63) is 102 Å². The first-order valence-corrected chi connectivity index (χ1v) is 8.26. The maximum atomic E-state index is 4.79. The molecule has 0 N–H and O–H groups in total. The second-order valence-electron chi connectivity index (χ2n) is 5.84. The number of pyridine rings is 3. The van der Waals surface area contributed by atoms with E-state index in [0.717, 1.165) is 29.2 Å². The van der Waals surface area contributed by atoms with Crippen LogP contribution in [0.4, 0.5) is 0 Å². The molecule has 0 spiro atoms. The largest absolute Gasteiger partial charge is 0.255 e. The molecule has 0 amide bonds. The number of benzene rings is 1. The first kappa shape index (κ1) is 15.2. The first-order valence-electron chi connectivity index (χ1n) is 8.26. The van der Waals surface area contributed by atoms with Gasteiger partial charge in [-0.3, -0.25) is 9.97 Å². The van der Waals surface area contributed by atoms with Crippen LogP contribution < -0.4 is 0 Å². The van der Waals surface area contributed by atoms with Gasteiger partial charge in [-0.15, -0.1) is 0 Å². The van der Waals surface area contributed by atoms with Crippen molar-refractivity contribution in [1.82, 2.24) is 15.0 Å². The lowest BCUT2D eigenvalue weighted by molar-refractivity contribution is 1.15. The van der Waals surface area contributed by atoms with Gasteiger partial charge in [-0.1, -0.05) is 42.5 Å². The number of nitrogens with zero attached hydrogens (tertiary/aromatic N) is 3. The third-order valence-corrected chi connectivity index (χ3v) is 3.99. The van der Waals surface area contributed by atoms with Gasteiger partial charge in [0.15, 0.2) is 0 Å². The van der Waals surface area contributed by atoms with Gasteiger partial charge in [-0.2, -0.15) is 0 Å². The van der Waals surface area contributed by atoms with E-state index in [2.05, 4.69) is 46.4 Å². The van der Waals surface area contributed by atoms with E-state index >= 15 is 0 Å². The van der Waals surface area contributed by atoms with Gasteiger partial charge in [0.2, 0.25) is 0 Å². The fourth-order valence-corrected chi connectivity index (χ4v) is 2.81. The van der Waals surface area contributed by atoms with Crippen molar-refractivity contribution in [2.45, 2.75) is 6.42 Å². The van der Waals surface area contributed by atoms with E-state index in [-0.39, 0.29) is 0 Å². The van der Waals surface area contributed by atoms with Gasteiger partial charge in [0, 0.05) is 12.4 Å². The van der Waals surface area contributed by atoms with E-state index in [1.807, 2.05) is 42.5 Å². The van der Waals surface area contributed by atoms with Gasteiger partial charge >= 0.3 is 0 Å². The summed E-state index contributed by atoms with van der Waals surface area (Å²) in [6, 6.07) is 26.4. The number of hydrogen-bond donors (Lipinski definition) is 0. The molecule has 3 aromatic heterocycles. The fourth-order valence-electron chi connectivity index (χ4n) is 2.81. The molecule has 0 fully saturated rings. The van der Waals surface area contributed by atoms with Crippen molar-refractivity contribution >= 4 is 0 Å². The molecule has 3 heteroatoms. The molecule has 0 aliphatic heterocycles. The lowest BCUT2D eigenvalue weighted by Gasteiger charge is -2.09. The Morgan fingerprint density at radius 1 is 0.520 bits per heavy atom. The Morgan fingerprint density at radius 3 is 1.60 bits per heavy atom. The second kappa shape index (κ2) is 7.05. The Bertz CT molecular complexity index is 894. The zero-order valence-electron chi connectivity index (χ0n) is 13.7. The van der Waals surface area contributed by atoms with E-state index in [9.17, 15) is 0 Å². The van der Waals surface area contributed by atoms with Crippen molar-refractivity contribution in [2.24, 2.45) is 0 Å². The molecular weight excluding hydrogens is 306 g/mol. The van der Waals surface area contributed by atoms with E-state index in [4.69, 9.17) is 4.98 Å². The van der Waals surface area contributed by atoms with Gasteiger partial charge in [0.25, 0.3) is 0 Å². The van der Waals surface area contributed by atoms with Crippen molar-refractivity contribution in [3.63, 3.8) is 0 Å². The molecule has 3 nitrogen and oxygen atoms in total. The first-order chi connectivity index (χ1) is 12.4. The second-order valence-corrected chi connectivity index (χ2v) is 5.84. The molecular formula is C22H17N3. The van der Waals surface area contributed by atoms with Crippen molar-refractivity contribution in [2.75, 3.05) is 0 Å². The summed E-state index contributed by atoms with van der Waals surface area (Å²) in [4.78, 5) is 13.7. The Kier molecular flexibility index (Phi) is 4.29. The maximum Gasteiger partial charge on any atom is 0.0897 e. The van der Waals surface area contributed by atoms with Crippen LogP contribution in [0, 0.1) is 0 Å². The highest BCUT2D eigenvalue weighted by atomic mass is 14.8. The lowest BCUT2D eigenvalue weighted by Crippen LogP contribution is -1.96. The van der Waals surface area contributed by atoms with E-state index < -0.39 is 0 Å². The van der Waals surface area contributed by atoms with Crippen LogP contribution in [0.3, 0.4) is 0 Å². The average Bonchev–Trinajstić information content (AvgIpc) is 2.70. The number of hydrogen-bond acceptors (Lipinski definition) is 3. The fraction of sp³-hybridized carbons (Fsp3) is 0.0455. The highest BCUT2D eigenvalue weighted by Crippen LogP contribution is 2.24. The lowest BCUT2D eigenvalue weighted by atomic mass is 10.0. The molecule has 0 radical (unpaired) electrons. The highest BCUT2D eigenvalue weighted by molar-refractivity contribution is 5.63. The highest BCUT2D eigenvalue weighted by Gasteiger charge is 2.09. The summed E-state index contributed by atoms with van der Waals surface area (Å²) in [6.07, 6.45) is 4.44. The molecule has 0 aliphatic carbocycles. The molecule has 0 bridgehead atoms. The van der Waals surface area contributed by atoms with E-state index in [1.165, 1.54) is 11.1 Å². The van der Waals surface area contributed by atoms with Crippen molar-refractivity contribution in [3.8, 4) is 22.8 Å². The summed E-state index contributed by atoms with van der Waals surface area (Å²) in [5, 5.41) is 0. The van der Waals surface area contributed by atoms with Crippen LogP contribution in [-0.2, 0) is 6.42 Å². The zero-order chi connectivity index (χ0) is 16.9. The third-order valence-electron chi connectivity index (χ3n) is 3.99. The van der Waals surface area contributed by atoms with Crippen LogP contribution >= 0.6 is 0 Å². The predicted octanol–water partition coefficient (Wildman–Crippen LogP) is 4.80. The van der Waals surface area contributed by atoms with Gasteiger partial charge in [0.1, 0.15) is 0 Å². The summed E-state index contributed by atoms with van der Waals surface area (Å²) < 4.78 is 0. The molecule has 4 rings (SSSR count). The van der Waals surface area contributed by atoms with Crippen LogP contribution in [0.15, 0.2) is 91.3 Å². The Labute approximate surface area is 147 Å². The molecule has 0 aliphatic rings. The minimum absolute atomic E-state index is 0.850. The zero-order valence-corrected chi connectivity index (χ0v) is 13.7. The minimum Gasteiger partial charge on any atom is -0.255 e. The monoisotopic (exact) mass is 323 g/mol. The molecule has 0 saturated carbocycles. The summed E-state index contributed by atoms with van der Waals surface area (Å²) in [5.41, 5.74) is 5.95. The van der Waals surface area contributed by atoms with E-state index in [1.54, 1.807) is 12.4 Å². The van der Waals surface area contributed by atoms with Gasteiger partial charge < -0.3 is 0 Å². The molecule has 25 heavy (non-hydrogen) atoms. The predicted molar refractivity (Wildman–Crippen MR) is 99.9 cm³/mol. The van der Waals surface area contributed by atoms with Crippen molar-refractivity contribution < 1.29 is 0 Å². The Morgan fingerprint density at radius 2 is 1.08 bits per heavy atom. The molecule has 4 aromatic rings. The normalized spacial score (nSPS) is 10.6. The molecule has 0 atom stereocenters. The molecule has 120 valence electrons. The number of rotatable bonds is 4. The SMILES string of the molecule is c1ccc(Cc2cc(-c3ccccn3)nc(-c3ccccn3)c2)cc1. The Balaban J connectivity index is 1.80. The minimum atomic E-state index is 0.850. The van der Waals surface area contributed by atoms with Gasteiger partial charge in [-0.25, -0.2) is 4.98 Å². The summed E-state index contributed by atoms with van der Waals surface area (Å²) in [7, 11) is 0. The van der Waals surface area contributed by atoms with Crippen LogP contribution in [0.25, 0.3) is 22.8 Å². The van der Waals surface area contributed by atoms with Crippen LogP contribution in [0.2, 0.25) is 0 Å². The summed E-state index contributed by atoms with van der Waals surface area (Å²) >= 11 is 0. The summed E-state index contributed by atoms with van der Waals surface area (Å²) in [6.45, 7) is 0. The quantitative estimate of drug-likeness (QED) is 0.541. The van der Waals surface area contributed by atoms with Gasteiger partial charge in [-0.05, 0) is 53.9 Å². The topological polar surface area (TPSA) is 38.7 Å². The smallest absolute Gasteiger partial charge is 0.0897 e. The molecule has 3 heterocycles. The van der Waals surface area contributed by atoms with Crippen LogP contribution in [-0.4, -0.2) is 15.0 Å². The maximum absolute atomic E-state index is 4.79. The van der Waals surface area contributed by atoms with Gasteiger partial charge in [0.05, 0.1) is 22.8 Å². The summed E-state index contributed by atoms with van der Waals surface area (Å²) in [5.74, 6) is 0. The molecule has 0 unspecified atom stereocenters. The third kappa shape index (κ3) is 3.61. The molecule has 0 saturated heterocycles. The molecule has 1 aromatic carbocycles. The average molecular weight is 323 g/mol. The van der Waals surface area contributed by atoms with Crippen LogP contribution in [0.5, 0.6) is 0 Å². The number of aromatic nitrogens is 3. The standard InChI is InChI=1S/C22H17N3/c1-2-8-17(9-3-1)14-18-15-21(19-10-4-6-12-23-19)25-22(16-18)20-11-5-7-13-24-20/h1-13,15-16H,14H2.